The number of aliphatic hydroxyl groups is 1. The highest BCUT2D eigenvalue weighted by Gasteiger charge is 2.26. The molecular formula is C14H22N2O4. The normalized spacial score (nSPS) is 11.6. The molecule has 0 unspecified atom stereocenters. The maximum Gasteiger partial charge on any atom is 0.333 e. The summed E-state index contributed by atoms with van der Waals surface area (Å²) < 4.78 is 5.50. The minimum atomic E-state index is -0.947. The molecule has 6 heteroatoms. The number of nitro benzene ring substituents is 1. The van der Waals surface area contributed by atoms with Gasteiger partial charge >= 0.3 is 5.69 Å². The van der Waals surface area contributed by atoms with Gasteiger partial charge in [-0.1, -0.05) is 6.07 Å². The van der Waals surface area contributed by atoms with Crippen LogP contribution in [-0.2, 0) is 0 Å². The monoisotopic (exact) mass is 282 g/mol. The second-order valence-corrected chi connectivity index (χ2v) is 5.72. The van der Waals surface area contributed by atoms with E-state index in [1.807, 2.05) is 13.8 Å². The van der Waals surface area contributed by atoms with Crippen LogP contribution in [0.25, 0.3) is 0 Å². The summed E-state index contributed by atoms with van der Waals surface area (Å²) in [7, 11) is 1.71. The number of benzene rings is 1. The number of hydrogen-bond acceptors (Lipinski definition) is 5. The predicted octanol–water partition coefficient (Wildman–Crippen LogP) is 2.59. The predicted molar refractivity (Wildman–Crippen MR) is 78.4 cm³/mol. The molecule has 0 bridgehead atoms. The Kier molecular flexibility index (Phi) is 4.94. The molecule has 1 N–H and O–H groups in total. The van der Waals surface area contributed by atoms with Gasteiger partial charge in [-0.05, 0) is 39.8 Å². The Balaban J connectivity index is 3.22. The van der Waals surface area contributed by atoms with E-state index in [1.54, 1.807) is 44.0 Å². The smallest absolute Gasteiger partial charge is 0.333 e. The molecule has 0 aliphatic rings. The molecule has 1 aromatic rings. The number of rotatable bonds is 6. The van der Waals surface area contributed by atoms with Crippen molar-refractivity contribution in [1.82, 2.24) is 0 Å². The van der Waals surface area contributed by atoms with E-state index in [2.05, 4.69) is 0 Å². The van der Waals surface area contributed by atoms with Gasteiger partial charge in [0.1, 0.15) is 5.69 Å². The molecule has 0 radical (unpaired) electrons. The molecule has 1 rings (SSSR count). The minimum absolute atomic E-state index is 0.0760. The van der Waals surface area contributed by atoms with Gasteiger partial charge in [0.25, 0.3) is 0 Å². The van der Waals surface area contributed by atoms with Crippen molar-refractivity contribution in [2.45, 2.75) is 39.4 Å². The third kappa shape index (κ3) is 4.38. The van der Waals surface area contributed by atoms with Crippen molar-refractivity contribution in [3.05, 3.63) is 28.3 Å². The zero-order valence-corrected chi connectivity index (χ0v) is 12.6. The van der Waals surface area contributed by atoms with Crippen molar-refractivity contribution in [2.75, 3.05) is 18.5 Å². The average molecular weight is 282 g/mol. The summed E-state index contributed by atoms with van der Waals surface area (Å²) in [5.74, 6) is 0.241. The average Bonchev–Trinajstić information content (AvgIpc) is 2.24. The Labute approximate surface area is 119 Å². The van der Waals surface area contributed by atoms with Gasteiger partial charge in [0.2, 0.25) is 0 Å². The second kappa shape index (κ2) is 6.09. The van der Waals surface area contributed by atoms with Gasteiger partial charge in [-0.2, -0.15) is 0 Å². The first-order valence-electron chi connectivity index (χ1n) is 6.49. The molecule has 0 aliphatic heterocycles. The molecule has 0 atom stereocenters. The Bertz CT molecular complexity index is 481. The summed E-state index contributed by atoms with van der Waals surface area (Å²) in [5, 5.41) is 21.2. The SMILES string of the molecule is CC(C)Oc1cccc(N(C)CC(C)(C)O)c1[N+](=O)[O-]. The van der Waals surface area contributed by atoms with Crippen molar-refractivity contribution >= 4 is 11.4 Å². The number of hydrogen-bond donors (Lipinski definition) is 1. The molecular weight excluding hydrogens is 260 g/mol. The van der Waals surface area contributed by atoms with Crippen LogP contribution < -0.4 is 9.64 Å². The van der Waals surface area contributed by atoms with Crippen LogP contribution in [0, 0.1) is 10.1 Å². The summed E-state index contributed by atoms with van der Waals surface area (Å²) in [6.45, 7) is 7.22. The number of ether oxygens (including phenoxy) is 1. The van der Waals surface area contributed by atoms with Crippen LogP contribution in [0.5, 0.6) is 5.75 Å². The standard InChI is InChI=1S/C14H22N2O4/c1-10(2)20-12-8-6-7-11(13(12)16(18)19)15(5)9-14(3,4)17/h6-8,10,17H,9H2,1-5H3. The largest absolute Gasteiger partial charge is 0.484 e. The van der Waals surface area contributed by atoms with Crippen molar-refractivity contribution in [2.24, 2.45) is 0 Å². The van der Waals surface area contributed by atoms with Gasteiger partial charge in [-0.25, -0.2) is 0 Å². The van der Waals surface area contributed by atoms with Gasteiger partial charge in [-0.15, -0.1) is 0 Å². The van der Waals surface area contributed by atoms with Crippen LogP contribution in [0.1, 0.15) is 27.7 Å². The van der Waals surface area contributed by atoms with Crippen molar-refractivity contribution < 1.29 is 14.8 Å². The molecule has 0 amide bonds. The topological polar surface area (TPSA) is 75.8 Å². The maximum atomic E-state index is 11.3. The van der Waals surface area contributed by atoms with Crippen molar-refractivity contribution in [3.8, 4) is 5.75 Å². The molecule has 0 spiro atoms. The van der Waals surface area contributed by atoms with E-state index in [0.29, 0.717) is 5.69 Å². The van der Waals surface area contributed by atoms with E-state index in [9.17, 15) is 15.2 Å². The number of nitrogens with zero attached hydrogens (tertiary/aromatic N) is 2. The van der Waals surface area contributed by atoms with E-state index in [-0.39, 0.29) is 24.1 Å². The molecule has 1 aromatic carbocycles. The lowest BCUT2D eigenvalue weighted by molar-refractivity contribution is -0.385. The fourth-order valence-corrected chi connectivity index (χ4v) is 2.02. The van der Waals surface area contributed by atoms with E-state index in [1.165, 1.54) is 0 Å². The summed E-state index contributed by atoms with van der Waals surface area (Å²) in [4.78, 5) is 12.5. The molecule has 0 saturated carbocycles. The molecule has 6 nitrogen and oxygen atoms in total. The van der Waals surface area contributed by atoms with E-state index in [0.717, 1.165) is 0 Å². The van der Waals surface area contributed by atoms with Crippen LogP contribution in [0.4, 0.5) is 11.4 Å². The summed E-state index contributed by atoms with van der Waals surface area (Å²) in [5.41, 5.74) is -0.597. The highest BCUT2D eigenvalue weighted by Crippen LogP contribution is 2.37. The van der Waals surface area contributed by atoms with Gasteiger partial charge in [0.15, 0.2) is 5.75 Å². The number of likely N-dealkylation sites (N-methyl/N-ethyl adjacent to an activating group) is 1. The quantitative estimate of drug-likeness (QED) is 0.641. The second-order valence-electron chi connectivity index (χ2n) is 5.72. The van der Waals surface area contributed by atoms with Crippen molar-refractivity contribution in [1.29, 1.82) is 0 Å². The number of para-hydroxylation sites is 1. The third-order valence-corrected chi connectivity index (χ3v) is 2.56. The van der Waals surface area contributed by atoms with Crippen LogP contribution in [0.15, 0.2) is 18.2 Å². The van der Waals surface area contributed by atoms with E-state index in [4.69, 9.17) is 4.74 Å². The molecule has 0 aliphatic carbocycles. The summed E-state index contributed by atoms with van der Waals surface area (Å²) in [6.07, 6.45) is -0.150. The Morgan fingerprint density at radius 3 is 2.50 bits per heavy atom. The lowest BCUT2D eigenvalue weighted by atomic mass is 10.1. The Hall–Kier alpha value is -1.82. The molecule has 0 saturated heterocycles. The number of anilines is 1. The van der Waals surface area contributed by atoms with Crippen molar-refractivity contribution in [3.63, 3.8) is 0 Å². The van der Waals surface area contributed by atoms with Gasteiger partial charge in [0.05, 0.1) is 16.6 Å². The first-order chi connectivity index (χ1) is 9.11. The molecule has 20 heavy (non-hydrogen) atoms. The van der Waals surface area contributed by atoms with Gasteiger partial charge in [0, 0.05) is 13.6 Å². The zero-order chi connectivity index (χ0) is 15.5. The van der Waals surface area contributed by atoms with E-state index < -0.39 is 10.5 Å². The molecule has 0 fully saturated rings. The fourth-order valence-electron chi connectivity index (χ4n) is 2.02. The van der Waals surface area contributed by atoms with Gasteiger partial charge in [-0.3, -0.25) is 10.1 Å². The maximum absolute atomic E-state index is 11.3. The van der Waals surface area contributed by atoms with Gasteiger partial charge < -0.3 is 14.7 Å². The summed E-state index contributed by atoms with van der Waals surface area (Å²) in [6, 6.07) is 4.94. The first kappa shape index (κ1) is 16.2. The lowest BCUT2D eigenvalue weighted by Gasteiger charge is -2.27. The molecule has 112 valence electrons. The first-order valence-corrected chi connectivity index (χ1v) is 6.49. The fraction of sp³-hybridized carbons (Fsp3) is 0.571. The zero-order valence-electron chi connectivity index (χ0n) is 12.6. The minimum Gasteiger partial charge on any atom is -0.484 e. The van der Waals surface area contributed by atoms with Crippen LogP contribution in [0.2, 0.25) is 0 Å². The molecule has 0 aromatic heterocycles. The molecule has 0 heterocycles. The highest BCUT2D eigenvalue weighted by molar-refractivity contribution is 5.69. The summed E-state index contributed by atoms with van der Waals surface area (Å²) >= 11 is 0. The number of nitro groups is 1. The Morgan fingerprint density at radius 2 is 2.05 bits per heavy atom. The third-order valence-electron chi connectivity index (χ3n) is 2.56. The van der Waals surface area contributed by atoms with E-state index >= 15 is 0 Å². The van der Waals surface area contributed by atoms with Crippen LogP contribution >= 0.6 is 0 Å². The van der Waals surface area contributed by atoms with Crippen LogP contribution in [0.3, 0.4) is 0 Å². The Morgan fingerprint density at radius 1 is 1.45 bits per heavy atom. The van der Waals surface area contributed by atoms with Crippen LogP contribution in [-0.4, -0.2) is 35.3 Å². The highest BCUT2D eigenvalue weighted by atomic mass is 16.6. The lowest BCUT2D eigenvalue weighted by Crippen LogP contribution is -2.36.